The molecule has 0 spiro atoms. The molecule has 0 unspecified atom stereocenters. The van der Waals surface area contributed by atoms with Crippen LogP contribution in [0.2, 0.25) is 0 Å². The summed E-state index contributed by atoms with van der Waals surface area (Å²) in [4.78, 5) is 15.1. The molecule has 0 aliphatic rings. The molecule has 0 saturated carbocycles. The monoisotopic (exact) mass is 442 g/mol. The van der Waals surface area contributed by atoms with E-state index in [2.05, 4.69) is 5.32 Å². The molecule has 7 nitrogen and oxygen atoms in total. The fourth-order valence-corrected chi connectivity index (χ4v) is 5.10. The molecule has 3 rings (SSSR count). The fourth-order valence-electron chi connectivity index (χ4n) is 3.60. The number of sulfonamides is 1. The van der Waals surface area contributed by atoms with Crippen molar-refractivity contribution in [2.45, 2.75) is 25.3 Å². The molecule has 8 heteroatoms. The molecule has 3 aromatic rings. The van der Waals surface area contributed by atoms with E-state index >= 15 is 0 Å². The van der Waals surface area contributed by atoms with Crippen LogP contribution >= 0.6 is 0 Å². The molecule has 1 N–H and O–H groups in total. The van der Waals surface area contributed by atoms with Crippen LogP contribution in [0, 0.1) is 0 Å². The first-order valence-electron chi connectivity index (χ1n) is 10.3. The summed E-state index contributed by atoms with van der Waals surface area (Å²) in [5, 5.41) is 3.67. The Morgan fingerprint density at radius 2 is 1.65 bits per heavy atom. The van der Waals surface area contributed by atoms with Crippen molar-refractivity contribution in [1.29, 1.82) is 0 Å². The van der Waals surface area contributed by atoms with Gasteiger partial charge in [0.1, 0.15) is 5.69 Å². The minimum absolute atomic E-state index is 0.205. The SMILES string of the molecule is CCN(CC)S(=O)(=O)c1ccc2c(c1)cc(C(=O)NCc1ccc(N(C)C)cc1)n2C. The van der Waals surface area contributed by atoms with Crippen LogP contribution in [0.4, 0.5) is 5.69 Å². The quantitative estimate of drug-likeness (QED) is 0.581. The summed E-state index contributed by atoms with van der Waals surface area (Å²) in [7, 11) is 2.22. The van der Waals surface area contributed by atoms with E-state index in [1.807, 2.05) is 64.2 Å². The highest BCUT2D eigenvalue weighted by atomic mass is 32.2. The van der Waals surface area contributed by atoms with Gasteiger partial charge >= 0.3 is 0 Å². The molecule has 1 heterocycles. The first kappa shape index (κ1) is 22.8. The lowest BCUT2D eigenvalue weighted by Gasteiger charge is -2.18. The predicted molar refractivity (Wildman–Crippen MR) is 125 cm³/mol. The number of aryl methyl sites for hydroxylation is 1. The van der Waals surface area contributed by atoms with Gasteiger partial charge in [0.05, 0.1) is 4.90 Å². The van der Waals surface area contributed by atoms with Gasteiger partial charge in [0.15, 0.2) is 0 Å². The lowest BCUT2D eigenvalue weighted by Crippen LogP contribution is -2.30. The second-order valence-corrected chi connectivity index (χ2v) is 9.58. The molecule has 1 amide bonds. The molecule has 0 aliphatic carbocycles. The van der Waals surface area contributed by atoms with Crippen LogP contribution in [0.3, 0.4) is 0 Å². The number of hydrogen-bond acceptors (Lipinski definition) is 4. The lowest BCUT2D eigenvalue weighted by atomic mass is 10.2. The Hall–Kier alpha value is -2.84. The standard InChI is InChI=1S/C23H30N4O3S/c1-6-27(7-2)31(29,30)20-12-13-21-18(14-20)15-22(26(21)5)23(28)24-16-17-8-10-19(11-9-17)25(3)4/h8-15H,6-7,16H2,1-5H3,(H,24,28). The zero-order chi connectivity index (χ0) is 22.8. The Balaban J connectivity index is 1.82. The zero-order valence-corrected chi connectivity index (χ0v) is 19.5. The molecule has 31 heavy (non-hydrogen) atoms. The average molecular weight is 443 g/mol. The average Bonchev–Trinajstić information content (AvgIpc) is 3.09. The number of hydrogen-bond donors (Lipinski definition) is 1. The Morgan fingerprint density at radius 3 is 2.23 bits per heavy atom. The number of rotatable bonds is 8. The highest BCUT2D eigenvalue weighted by Gasteiger charge is 2.23. The maximum absolute atomic E-state index is 12.8. The molecule has 0 radical (unpaired) electrons. The zero-order valence-electron chi connectivity index (χ0n) is 18.7. The van der Waals surface area contributed by atoms with E-state index in [0.717, 1.165) is 22.2 Å². The number of anilines is 1. The second-order valence-electron chi connectivity index (χ2n) is 7.64. The number of amides is 1. The molecule has 0 aliphatic heterocycles. The van der Waals surface area contributed by atoms with Gasteiger partial charge in [-0.1, -0.05) is 26.0 Å². The molecular formula is C23H30N4O3S. The molecule has 2 aromatic carbocycles. The number of carbonyl (C=O) groups excluding carboxylic acids is 1. The van der Waals surface area contributed by atoms with Crippen LogP contribution < -0.4 is 10.2 Å². The van der Waals surface area contributed by atoms with E-state index in [-0.39, 0.29) is 10.8 Å². The highest BCUT2D eigenvalue weighted by molar-refractivity contribution is 7.89. The van der Waals surface area contributed by atoms with E-state index in [1.54, 1.807) is 28.8 Å². The van der Waals surface area contributed by atoms with Crippen molar-refractivity contribution >= 4 is 32.5 Å². The molecule has 166 valence electrons. The Labute approximate surface area is 184 Å². The third-order valence-electron chi connectivity index (χ3n) is 5.50. The molecule has 1 aromatic heterocycles. The first-order valence-corrected chi connectivity index (χ1v) is 11.8. The van der Waals surface area contributed by atoms with Crippen molar-refractivity contribution < 1.29 is 13.2 Å². The van der Waals surface area contributed by atoms with E-state index in [0.29, 0.717) is 25.3 Å². The molecule has 0 saturated heterocycles. The predicted octanol–water partition coefficient (Wildman–Crippen LogP) is 3.20. The van der Waals surface area contributed by atoms with Crippen LogP contribution in [0.25, 0.3) is 10.9 Å². The van der Waals surface area contributed by atoms with Gasteiger partial charge < -0.3 is 14.8 Å². The minimum Gasteiger partial charge on any atom is -0.378 e. The van der Waals surface area contributed by atoms with Gasteiger partial charge in [-0.15, -0.1) is 0 Å². The summed E-state index contributed by atoms with van der Waals surface area (Å²) in [5.41, 5.74) is 3.39. The number of carbonyl (C=O) groups is 1. The number of nitrogens with zero attached hydrogens (tertiary/aromatic N) is 3. The topological polar surface area (TPSA) is 74.7 Å². The summed E-state index contributed by atoms with van der Waals surface area (Å²) in [5.74, 6) is -0.205. The molecule has 0 atom stereocenters. The molecular weight excluding hydrogens is 412 g/mol. The highest BCUT2D eigenvalue weighted by Crippen LogP contribution is 2.24. The molecule has 0 fully saturated rings. The lowest BCUT2D eigenvalue weighted by molar-refractivity contribution is 0.0943. The van der Waals surface area contributed by atoms with Crippen LogP contribution in [0.15, 0.2) is 53.4 Å². The number of benzene rings is 2. The van der Waals surface area contributed by atoms with Crippen molar-refractivity contribution in [3.05, 3.63) is 59.8 Å². The summed E-state index contributed by atoms with van der Waals surface area (Å²) < 4.78 is 28.9. The van der Waals surface area contributed by atoms with Crippen molar-refractivity contribution in [3.8, 4) is 0 Å². The maximum atomic E-state index is 12.8. The Kier molecular flexibility index (Phi) is 6.71. The van der Waals surface area contributed by atoms with Crippen molar-refractivity contribution in [2.75, 3.05) is 32.1 Å². The van der Waals surface area contributed by atoms with Crippen molar-refractivity contribution in [1.82, 2.24) is 14.2 Å². The Bertz CT molecular complexity index is 1180. The van der Waals surface area contributed by atoms with Gasteiger partial charge in [-0.2, -0.15) is 4.31 Å². The van der Waals surface area contributed by atoms with Crippen molar-refractivity contribution in [2.24, 2.45) is 7.05 Å². The number of aromatic nitrogens is 1. The van der Waals surface area contributed by atoms with E-state index in [9.17, 15) is 13.2 Å². The third-order valence-corrected chi connectivity index (χ3v) is 7.54. The molecule has 0 bridgehead atoms. The number of fused-ring (bicyclic) bond motifs is 1. The maximum Gasteiger partial charge on any atom is 0.268 e. The normalized spacial score (nSPS) is 11.8. The third kappa shape index (κ3) is 4.60. The largest absolute Gasteiger partial charge is 0.378 e. The van der Waals surface area contributed by atoms with E-state index in [1.165, 1.54) is 4.31 Å². The van der Waals surface area contributed by atoms with Gasteiger partial charge in [-0.05, 0) is 42.0 Å². The van der Waals surface area contributed by atoms with Crippen molar-refractivity contribution in [3.63, 3.8) is 0 Å². The summed E-state index contributed by atoms with van der Waals surface area (Å²) in [6.07, 6.45) is 0. The summed E-state index contributed by atoms with van der Waals surface area (Å²) in [6.45, 7) is 4.87. The Morgan fingerprint density at radius 1 is 1.00 bits per heavy atom. The summed E-state index contributed by atoms with van der Waals surface area (Å²) >= 11 is 0. The smallest absolute Gasteiger partial charge is 0.268 e. The minimum atomic E-state index is -3.55. The van der Waals surface area contributed by atoms with Crippen LogP contribution in [0.5, 0.6) is 0 Å². The van der Waals surface area contributed by atoms with Crippen LogP contribution in [-0.2, 0) is 23.6 Å². The summed E-state index contributed by atoms with van der Waals surface area (Å²) in [6, 6.07) is 14.7. The van der Waals surface area contributed by atoms with Crippen LogP contribution in [-0.4, -0.2) is 50.4 Å². The van der Waals surface area contributed by atoms with E-state index in [4.69, 9.17) is 0 Å². The van der Waals surface area contributed by atoms with Gasteiger partial charge in [0.2, 0.25) is 10.0 Å². The first-order chi connectivity index (χ1) is 14.7. The van der Waals surface area contributed by atoms with Gasteiger partial charge in [-0.3, -0.25) is 4.79 Å². The van der Waals surface area contributed by atoms with Gasteiger partial charge in [0.25, 0.3) is 5.91 Å². The fraction of sp³-hybridized carbons (Fsp3) is 0.348. The second kappa shape index (κ2) is 9.11. The van der Waals surface area contributed by atoms with Crippen LogP contribution in [0.1, 0.15) is 29.9 Å². The number of nitrogens with one attached hydrogen (secondary N) is 1. The van der Waals surface area contributed by atoms with E-state index < -0.39 is 10.0 Å². The van der Waals surface area contributed by atoms with Gasteiger partial charge in [-0.25, -0.2) is 8.42 Å². The van der Waals surface area contributed by atoms with Gasteiger partial charge in [0, 0.05) is 57.4 Å².